The first-order valence-corrected chi connectivity index (χ1v) is 10.2. The van der Waals surface area contributed by atoms with Gasteiger partial charge in [-0.15, -0.1) is 5.10 Å². The molecule has 29 heavy (non-hydrogen) atoms. The van der Waals surface area contributed by atoms with E-state index in [4.69, 9.17) is 14.6 Å². The number of aromatic hydroxyl groups is 1. The topological polar surface area (TPSA) is 124 Å². The van der Waals surface area contributed by atoms with Gasteiger partial charge in [-0.3, -0.25) is 4.79 Å². The minimum Gasteiger partial charge on any atom is -0.492 e. The lowest BCUT2D eigenvalue weighted by molar-refractivity contribution is -0.931. The van der Waals surface area contributed by atoms with E-state index in [0.29, 0.717) is 29.4 Å². The molecule has 1 amide bonds. The smallest absolute Gasteiger partial charge is 0.235 e. The molecule has 1 fully saturated rings. The summed E-state index contributed by atoms with van der Waals surface area (Å²) >= 11 is 1.37. The Kier molecular flexibility index (Phi) is 4.36. The number of carbonyl (C=O) groups excluding carboxylic acids is 1. The molecule has 0 saturated carbocycles. The molecule has 9 nitrogen and oxygen atoms in total. The number of nitrogens with zero attached hydrogens (tertiary/aromatic N) is 3. The summed E-state index contributed by atoms with van der Waals surface area (Å²) in [6, 6.07) is 7.07. The molecule has 0 aromatic carbocycles. The van der Waals surface area contributed by atoms with Crippen molar-refractivity contribution < 1.29 is 23.6 Å². The molecule has 1 saturated heterocycles. The van der Waals surface area contributed by atoms with E-state index in [-0.39, 0.29) is 23.7 Å². The van der Waals surface area contributed by atoms with Gasteiger partial charge in [0.25, 0.3) is 0 Å². The predicted molar refractivity (Wildman–Crippen MR) is 103 cm³/mol. The minimum absolute atomic E-state index is 0.0428. The molecular weight excluding hydrogens is 394 g/mol. The van der Waals surface area contributed by atoms with Crippen LogP contribution in [-0.2, 0) is 4.79 Å². The summed E-state index contributed by atoms with van der Waals surface area (Å²) in [5.41, 5.74) is 5.48. The molecule has 10 heteroatoms. The van der Waals surface area contributed by atoms with Gasteiger partial charge in [0.1, 0.15) is 4.88 Å². The normalized spacial score (nSPS) is 20.8. The number of nitrogens with one attached hydrogen (secondary N) is 1. The van der Waals surface area contributed by atoms with Crippen molar-refractivity contribution in [3.8, 4) is 17.5 Å². The molecule has 1 aliphatic heterocycles. The zero-order valence-corrected chi connectivity index (χ0v) is 16.3. The van der Waals surface area contributed by atoms with Crippen LogP contribution in [0.4, 0.5) is 0 Å². The molecule has 4 aromatic heterocycles. The van der Waals surface area contributed by atoms with Gasteiger partial charge < -0.3 is 24.6 Å². The van der Waals surface area contributed by atoms with Gasteiger partial charge in [0.2, 0.25) is 22.6 Å². The number of quaternary nitrogens is 1. The van der Waals surface area contributed by atoms with Crippen LogP contribution < -0.4 is 10.6 Å². The van der Waals surface area contributed by atoms with Gasteiger partial charge in [0.05, 0.1) is 25.6 Å². The Morgan fingerprint density at radius 1 is 1.28 bits per heavy atom. The third-order valence-corrected chi connectivity index (χ3v) is 6.55. The molecule has 150 valence electrons. The lowest BCUT2D eigenvalue weighted by atomic mass is 9.94. The van der Waals surface area contributed by atoms with Crippen molar-refractivity contribution >= 4 is 22.2 Å². The average Bonchev–Trinajstić information content (AvgIpc) is 3.50. The Morgan fingerprint density at radius 2 is 2.03 bits per heavy atom. The first kappa shape index (κ1) is 18.0. The van der Waals surface area contributed by atoms with Gasteiger partial charge >= 0.3 is 0 Å². The van der Waals surface area contributed by atoms with Crippen molar-refractivity contribution in [2.24, 2.45) is 11.7 Å². The number of thiazole rings is 1. The molecule has 0 spiro atoms. The van der Waals surface area contributed by atoms with Gasteiger partial charge in [-0.1, -0.05) is 11.3 Å². The molecule has 0 radical (unpaired) electrons. The van der Waals surface area contributed by atoms with E-state index in [1.165, 1.54) is 20.8 Å². The zero-order chi connectivity index (χ0) is 20.0. The van der Waals surface area contributed by atoms with Crippen molar-refractivity contribution in [2.75, 3.05) is 13.1 Å². The van der Waals surface area contributed by atoms with Crippen molar-refractivity contribution in [3.05, 3.63) is 47.4 Å². The van der Waals surface area contributed by atoms with Crippen LogP contribution in [0.3, 0.4) is 0 Å². The Hall–Kier alpha value is -3.11. The Morgan fingerprint density at radius 3 is 2.66 bits per heavy atom. The summed E-state index contributed by atoms with van der Waals surface area (Å²) in [5.74, 6) is 1.43. The van der Waals surface area contributed by atoms with E-state index in [1.54, 1.807) is 24.7 Å². The van der Waals surface area contributed by atoms with Gasteiger partial charge in [0, 0.05) is 18.8 Å². The summed E-state index contributed by atoms with van der Waals surface area (Å²) in [7, 11) is 0. The molecular formula is C19H20N5O4S+. The van der Waals surface area contributed by atoms with Crippen molar-refractivity contribution in [3.63, 3.8) is 0 Å². The zero-order valence-electron chi connectivity index (χ0n) is 15.4. The number of furan rings is 2. The van der Waals surface area contributed by atoms with Gasteiger partial charge in [0.15, 0.2) is 17.6 Å². The summed E-state index contributed by atoms with van der Waals surface area (Å²) < 4.78 is 12.5. The highest BCUT2D eigenvalue weighted by Crippen LogP contribution is 2.36. The number of likely N-dealkylation sites (tertiary alicyclic amines) is 1. The average molecular weight is 414 g/mol. The Bertz CT molecular complexity index is 1120. The van der Waals surface area contributed by atoms with E-state index in [0.717, 1.165) is 23.7 Å². The summed E-state index contributed by atoms with van der Waals surface area (Å²) in [6.07, 6.45) is 4.61. The molecule has 4 aromatic rings. The second-order valence-electron chi connectivity index (χ2n) is 7.18. The maximum absolute atomic E-state index is 11.5. The standard InChI is InChI=1S/C19H19N5O4S/c20-16(25)11-5-7-23(8-6-11)14(12-3-1-9-27-12)15-18(26)24-19(29-15)21-17(22-24)13-4-2-10-28-13/h1-4,9-11,14,26H,5-8H2,(H2,20,25)/p+1/t14-/m0/s1. The largest absolute Gasteiger partial charge is 0.492 e. The second kappa shape index (κ2) is 7.05. The van der Waals surface area contributed by atoms with Crippen LogP contribution in [0.5, 0.6) is 5.88 Å². The molecule has 1 aliphatic rings. The predicted octanol–water partition coefficient (Wildman–Crippen LogP) is 1.22. The van der Waals surface area contributed by atoms with E-state index in [9.17, 15) is 9.90 Å². The van der Waals surface area contributed by atoms with E-state index in [2.05, 4.69) is 10.1 Å². The third kappa shape index (κ3) is 3.10. The van der Waals surface area contributed by atoms with E-state index >= 15 is 0 Å². The lowest BCUT2D eigenvalue weighted by Crippen LogP contribution is -3.13. The quantitative estimate of drug-likeness (QED) is 0.451. The highest BCUT2D eigenvalue weighted by Gasteiger charge is 2.38. The Labute approximate surface area is 169 Å². The first-order valence-electron chi connectivity index (χ1n) is 9.41. The highest BCUT2D eigenvalue weighted by atomic mass is 32.1. The fourth-order valence-corrected chi connectivity index (χ4v) is 5.10. The van der Waals surface area contributed by atoms with Gasteiger partial charge in [-0.05, 0) is 24.3 Å². The third-order valence-electron chi connectivity index (χ3n) is 5.47. The van der Waals surface area contributed by atoms with Gasteiger partial charge in [-0.25, -0.2) is 0 Å². The number of hydrogen-bond donors (Lipinski definition) is 3. The van der Waals surface area contributed by atoms with Crippen molar-refractivity contribution in [1.29, 1.82) is 0 Å². The number of piperidine rings is 1. The number of amides is 1. The van der Waals surface area contributed by atoms with Crippen LogP contribution in [0.15, 0.2) is 45.6 Å². The van der Waals surface area contributed by atoms with E-state index in [1.807, 2.05) is 12.1 Å². The van der Waals surface area contributed by atoms with Crippen LogP contribution in [0, 0.1) is 5.92 Å². The van der Waals surface area contributed by atoms with Crippen LogP contribution in [0.25, 0.3) is 16.5 Å². The molecule has 0 unspecified atom stereocenters. The van der Waals surface area contributed by atoms with Crippen molar-refractivity contribution in [2.45, 2.75) is 18.9 Å². The van der Waals surface area contributed by atoms with Crippen LogP contribution in [0.2, 0.25) is 0 Å². The first-order chi connectivity index (χ1) is 14.1. The summed E-state index contributed by atoms with van der Waals surface area (Å²) in [4.78, 5) is 18.5. The SMILES string of the molecule is NC(=O)C1CC[NH+]([C@@H](c2ccco2)c2sc3nc(-c4ccco4)nn3c2O)CC1. The number of hydrogen-bond acceptors (Lipinski definition) is 7. The number of nitrogens with two attached hydrogens (primary N) is 1. The highest BCUT2D eigenvalue weighted by molar-refractivity contribution is 7.17. The minimum atomic E-state index is -0.245. The molecule has 4 N–H and O–H groups in total. The fourth-order valence-electron chi connectivity index (χ4n) is 3.98. The number of primary amides is 1. The lowest BCUT2D eigenvalue weighted by Gasteiger charge is -2.32. The van der Waals surface area contributed by atoms with Gasteiger partial charge in [-0.2, -0.15) is 9.50 Å². The van der Waals surface area contributed by atoms with Crippen molar-refractivity contribution in [1.82, 2.24) is 14.6 Å². The molecule has 1 atom stereocenters. The maximum Gasteiger partial charge on any atom is 0.235 e. The Balaban J connectivity index is 1.51. The summed E-state index contributed by atoms with van der Waals surface area (Å²) in [5, 5.41) is 15.3. The maximum atomic E-state index is 11.5. The van der Waals surface area contributed by atoms with E-state index < -0.39 is 0 Å². The van der Waals surface area contributed by atoms with Crippen LogP contribution >= 0.6 is 11.3 Å². The molecule has 0 aliphatic carbocycles. The molecule has 5 heterocycles. The van der Waals surface area contributed by atoms with Crippen LogP contribution in [0.1, 0.15) is 29.5 Å². The monoisotopic (exact) mass is 414 g/mol. The number of aromatic nitrogens is 3. The second-order valence-corrected chi connectivity index (χ2v) is 8.19. The van der Waals surface area contributed by atoms with Crippen LogP contribution in [-0.4, -0.2) is 38.7 Å². The molecule has 5 rings (SSSR count). The fraction of sp³-hybridized carbons (Fsp3) is 0.316. The molecule has 0 bridgehead atoms. The number of rotatable bonds is 5. The number of fused-ring (bicyclic) bond motifs is 1. The summed E-state index contributed by atoms with van der Waals surface area (Å²) in [6.45, 7) is 1.51. The number of carbonyl (C=O) groups is 1.